The van der Waals surface area contributed by atoms with Gasteiger partial charge in [-0.2, -0.15) is 0 Å². The maximum atomic E-state index is 13.8. The minimum atomic E-state index is -0.151. The number of nitrogens with one attached hydrogen (secondary N) is 1. The molecule has 0 saturated heterocycles. The largest absolute Gasteiger partial charge is 0.379 e. The standard InChI is InChI=1S/C15H19BrFN/c16-11-4-5-13(12(17)10-11)18-14-6-9-15(14)7-2-1-3-8-15/h4-5,10,14,18H,1-3,6-9H2. The third-order valence-electron chi connectivity index (χ3n) is 4.78. The van der Waals surface area contributed by atoms with Crippen LogP contribution >= 0.6 is 15.9 Å². The molecule has 2 fully saturated rings. The Balaban J connectivity index is 1.72. The smallest absolute Gasteiger partial charge is 0.147 e. The normalized spacial score (nSPS) is 25.8. The van der Waals surface area contributed by atoms with Crippen LogP contribution in [-0.4, -0.2) is 6.04 Å². The molecule has 0 bridgehead atoms. The molecule has 1 nitrogen and oxygen atoms in total. The summed E-state index contributed by atoms with van der Waals surface area (Å²) >= 11 is 3.30. The van der Waals surface area contributed by atoms with Crippen molar-refractivity contribution in [2.24, 2.45) is 5.41 Å². The topological polar surface area (TPSA) is 12.0 Å². The van der Waals surface area contributed by atoms with Gasteiger partial charge in [-0.3, -0.25) is 0 Å². The SMILES string of the molecule is Fc1cc(Br)ccc1NC1CCC12CCCCC2. The summed E-state index contributed by atoms with van der Waals surface area (Å²) < 4.78 is 14.6. The molecule has 2 aliphatic rings. The average molecular weight is 312 g/mol. The molecule has 0 amide bonds. The monoisotopic (exact) mass is 311 g/mol. The van der Waals surface area contributed by atoms with Crippen LogP contribution < -0.4 is 5.32 Å². The van der Waals surface area contributed by atoms with Gasteiger partial charge in [0.05, 0.1) is 5.69 Å². The molecule has 18 heavy (non-hydrogen) atoms. The van der Waals surface area contributed by atoms with E-state index in [4.69, 9.17) is 0 Å². The molecule has 98 valence electrons. The van der Waals surface area contributed by atoms with Gasteiger partial charge in [-0.05, 0) is 49.3 Å². The van der Waals surface area contributed by atoms with Gasteiger partial charge in [0, 0.05) is 10.5 Å². The van der Waals surface area contributed by atoms with E-state index in [0.29, 0.717) is 17.1 Å². The zero-order valence-corrected chi connectivity index (χ0v) is 12.1. The number of halogens is 2. The van der Waals surface area contributed by atoms with Crippen molar-refractivity contribution in [2.45, 2.75) is 51.0 Å². The first-order valence-corrected chi connectivity index (χ1v) is 7.71. The van der Waals surface area contributed by atoms with Crippen molar-refractivity contribution in [2.75, 3.05) is 5.32 Å². The molecule has 2 saturated carbocycles. The molecular formula is C15H19BrFN. The van der Waals surface area contributed by atoms with Crippen molar-refractivity contribution in [1.29, 1.82) is 0 Å². The van der Waals surface area contributed by atoms with Crippen molar-refractivity contribution in [3.05, 3.63) is 28.5 Å². The Kier molecular flexibility index (Phi) is 3.35. The maximum Gasteiger partial charge on any atom is 0.147 e. The van der Waals surface area contributed by atoms with Gasteiger partial charge >= 0.3 is 0 Å². The minimum Gasteiger partial charge on any atom is -0.379 e. The summed E-state index contributed by atoms with van der Waals surface area (Å²) in [6, 6.07) is 5.76. The molecule has 1 unspecified atom stereocenters. The second kappa shape index (κ2) is 4.84. The molecule has 1 aromatic rings. The van der Waals surface area contributed by atoms with Crippen LogP contribution in [0.25, 0.3) is 0 Å². The zero-order valence-electron chi connectivity index (χ0n) is 10.5. The number of hydrogen-bond donors (Lipinski definition) is 1. The highest BCUT2D eigenvalue weighted by Crippen LogP contribution is 2.52. The Labute approximate surface area is 116 Å². The van der Waals surface area contributed by atoms with Crippen LogP contribution in [0.1, 0.15) is 44.9 Å². The lowest BCUT2D eigenvalue weighted by molar-refractivity contribution is 0.0569. The second-order valence-corrected chi connectivity index (χ2v) is 6.70. The summed E-state index contributed by atoms with van der Waals surface area (Å²) in [7, 11) is 0. The van der Waals surface area contributed by atoms with E-state index in [1.165, 1.54) is 51.0 Å². The van der Waals surface area contributed by atoms with Gasteiger partial charge in [0.15, 0.2) is 0 Å². The van der Waals surface area contributed by atoms with Crippen molar-refractivity contribution < 1.29 is 4.39 Å². The summed E-state index contributed by atoms with van der Waals surface area (Å²) in [5.74, 6) is -0.151. The van der Waals surface area contributed by atoms with Gasteiger partial charge in [-0.25, -0.2) is 4.39 Å². The van der Waals surface area contributed by atoms with E-state index in [0.717, 1.165) is 4.47 Å². The van der Waals surface area contributed by atoms with Gasteiger partial charge in [-0.1, -0.05) is 35.2 Å². The lowest BCUT2D eigenvalue weighted by Crippen LogP contribution is -2.50. The molecule has 1 aromatic carbocycles. The predicted octanol–water partition coefficient (Wildman–Crippen LogP) is 5.11. The van der Waals surface area contributed by atoms with Crippen LogP contribution in [0.3, 0.4) is 0 Å². The fraction of sp³-hybridized carbons (Fsp3) is 0.600. The number of benzene rings is 1. The van der Waals surface area contributed by atoms with Gasteiger partial charge in [0.2, 0.25) is 0 Å². The molecule has 0 heterocycles. The lowest BCUT2D eigenvalue weighted by atomic mass is 9.57. The summed E-state index contributed by atoms with van der Waals surface area (Å²) in [6.45, 7) is 0. The highest BCUT2D eigenvalue weighted by molar-refractivity contribution is 9.10. The number of hydrogen-bond acceptors (Lipinski definition) is 1. The highest BCUT2D eigenvalue weighted by atomic mass is 79.9. The summed E-state index contributed by atoms with van der Waals surface area (Å²) in [5.41, 5.74) is 1.13. The van der Waals surface area contributed by atoms with E-state index >= 15 is 0 Å². The number of rotatable bonds is 2. The first-order chi connectivity index (χ1) is 8.70. The van der Waals surface area contributed by atoms with Gasteiger partial charge in [0.25, 0.3) is 0 Å². The quantitative estimate of drug-likeness (QED) is 0.800. The van der Waals surface area contributed by atoms with Gasteiger partial charge in [0.1, 0.15) is 5.82 Å². The van der Waals surface area contributed by atoms with Crippen LogP contribution in [0, 0.1) is 11.2 Å². The molecule has 1 atom stereocenters. The van der Waals surface area contributed by atoms with Crippen LogP contribution in [0.5, 0.6) is 0 Å². The van der Waals surface area contributed by atoms with Crippen molar-refractivity contribution in [1.82, 2.24) is 0 Å². The predicted molar refractivity (Wildman–Crippen MR) is 76.3 cm³/mol. The Bertz CT molecular complexity index is 440. The van der Waals surface area contributed by atoms with E-state index in [9.17, 15) is 4.39 Å². The van der Waals surface area contributed by atoms with Crippen molar-refractivity contribution in [3.63, 3.8) is 0 Å². The fourth-order valence-corrected chi connectivity index (χ4v) is 3.90. The van der Waals surface area contributed by atoms with E-state index in [1.807, 2.05) is 12.1 Å². The molecule has 1 N–H and O–H groups in total. The van der Waals surface area contributed by atoms with E-state index in [1.54, 1.807) is 0 Å². The fourth-order valence-electron chi connectivity index (χ4n) is 3.57. The molecule has 3 heteroatoms. The number of anilines is 1. The Morgan fingerprint density at radius 3 is 2.56 bits per heavy atom. The Morgan fingerprint density at radius 1 is 1.17 bits per heavy atom. The van der Waals surface area contributed by atoms with Crippen LogP contribution in [0.2, 0.25) is 0 Å². The molecule has 2 aliphatic carbocycles. The third-order valence-corrected chi connectivity index (χ3v) is 5.27. The first kappa shape index (κ1) is 12.5. The van der Waals surface area contributed by atoms with E-state index in [-0.39, 0.29) is 5.82 Å². The highest BCUT2D eigenvalue weighted by Gasteiger charge is 2.46. The van der Waals surface area contributed by atoms with Crippen LogP contribution in [0.15, 0.2) is 22.7 Å². The maximum absolute atomic E-state index is 13.8. The molecule has 3 rings (SSSR count). The lowest BCUT2D eigenvalue weighted by Gasteiger charge is -2.52. The molecule has 1 spiro atoms. The zero-order chi connectivity index (χ0) is 12.6. The second-order valence-electron chi connectivity index (χ2n) is 5.78. The van der Waals surface area contributed by atoms with Crippen LogP contribution in [-0.2, 0) is 0 Å². The Morgan fingerprint density at radius 2 is 1.94 bits per heavy atom. The third kappa shape index (κ3) is 2.18. The van der Waals surface area contributed by atoms with Crippen molar-refractivity contribution in [3.8, 4) is 0 Å². The molecule has 0 radical (unpaired) electrons. The molecule has 0 aliphatic heterocycles. The van der Waals surface area contributed by atoms with Gasteiger partial charge in [-0.15, -0.1) is 0 Å². The van der Waals surface area contributed by atoms with E-state index < -0.39 is 0 Å². The summed E-state index contributed by atoms with van der Waals surface area (Å²) in [5, 5.41) is 3.44. The van der Waals surface area contributed by atoms with E-state index in [2.05, 4.69) is 21.2 Å². The summed E-state index contributed by atoms with van der Waals surface area (Å²) in [6.07, 6.45) is 9.23. The Hall–Kier alpha value is -0.570. The average Bonchev–Trinajstić information content (AvgIpc) is 2.37. The van der Waals surface area contributed by atoms with Crippen molar-refractivity contribution >= 4 is 21.6 Å². The van der Waals surface area contributed by atoms with Gasteiger partial charge < -0.3 is 5.32 Å². The minimum absolute atomic E-state index is 0.151. The van der Waals surface area contributed by atoms with Crippen LogP contribution in [0.4, 0.5) is 10.1 Å². The summed E-state index contributed by atoms with van der Waals surface area (Å²) in [4.78, 5) is 0. The molecule has 0 aromatic heterocycles. The first-order valence-electron chi connectivity index (χ1n) is 6.91. The molecular weight excluding hydrogens is 293 g/mol.